The Hall–Kier alpha value is -3.03. The number of tetrazole rings is 1. The third-order valence-corrected chi connectivity index (χ3v) is 7.40. The van der Waals surface area contributed by atoms with E-state index in [0.717, 1.165) is 16.9 Å². The Labute approximate surface area is 197 Å². The number of aromatic nitrogens is 5. The van der Waals surface area contributed by atoms with Crippen LogP contribution in [-0.2, 0) is 21.7 Å². The summed E-state index contributed by atoms with van der Waals surface area (Å²) in [7, 11) is -2.03. The second kappa shape index (κ2) is 8.64. The first-order valence-corrected chi connectivity index (χ1v) is 12.2. The third kappa shape index (κ3) is 4.63. The van der Waals surface area contributed by atoms with Crippen LogP contribution in [0.25, 0.3) is 22.5 Å². The molecule has 0 spiro atoms. The molecule has 1 saturated heterocycles. The van der Waals surface area contributed by atoms with E-state index >= 15 is 4.39 Å². The fraction of sp³-hybridized carbons (Fsp3) is 0.350. The molecule has 3 heterocycles. The van der Waals surface area contributed by atoms with E-state index in [-0.39, 0.29) is 45.4 Å². The lowest BCUT2D eigenvalue weighted by Gasteiger charge is -2.23. The summed E-state index contributed by atoms with van der Waals surface area (Å²) in [5.74, 6) is -3.54. The molecule has 4 rings (SSSR count). The van der Waals surface area contributed by atoms with Crippen molar-refractivity contribution in [1.29, 1.82) is 0 Å². The number of aliphatic hydroxyl groups is 1. The fourth-order valence-electron chi connectivity index (χ4n) is 3.74. The number of sulfone groups is 1. The van der Waals surface area contributed by atoms with Crippen molar-refractivity contribution >= 4 is 27.3 Å². The van der Waals surface area contributed by atoms with E-state index in [1.54, 1.807) is 0 Å². The highest BCUT2D eigenvalue weighted by atomic mass is 35.5. The van der Waals surface area contributed by atoms with Crippen LogP contribution in [0.5, 0.6) is 0 Å². The Morgan fingerprint density at radius 1 is 1.29 bits per heavy atom. The predicted octanol–water partition coefficient (Wildman–Crippen LogP) is 1.60. The summed E-state index contributed by atoms with van der Waals surface area (Å²) in [6.45, 7) is 1.43. The Bertz CT molecular complexity index is 1400. The number of aryl methyl sites for hydroxylation is 1. The minimum absolute atomic E-state index is 0.0310. The van der Waals surface area contributed by atoms with Crippen molar-refractivity contribution in [3.8, 4) is 22.5 Å². The number of rotatable bonds is 5. The van der Waals surface area contributed by atoms with Crippen LogP contribution in [0.2, 0.25) is 5.02 Å². The molecular weight excluding hydrogens is 494 g/mol. The van der Waals surface area contributed by atoms with E-state index in [9.17, 15) is 22.7 Å². The topological polar surface area (TPSA) is 140 Å². The molecular formula is C20H19ClF2N6O4S. The molecule has 180 valence electrons. The summed E-state index contributed by atoms with van der Waals surface area (Å²) in [6, 6.07) is 2.57. The molecule has 10 nitrogen and oxygen atoms in total. The van der Waals surface area contributed by atoms with Gasteiger partial charge < -0.3 is 10.4 Å². The smallest absolute Gasteiger partial charge is 0.253 e. The Morgan fingerprint density at radius 2 is 2.03 bits per heavy atom. The first-order chi connectivity index (χ1) is 15.9. The first kappa shape index (κ1) is 24.1. The fourth-order valence-corrected chi connectivity index (χ4v) is 5.74. The van der Waals surface area contributed by atoms with Gasteiger partial charge in [-0.25, -0.2) is 17.2 Å². The van der Waals surface area contributed by atoms with Gasteiger partial charge in [-0.05, 0) is 35.9 Å². The Kier molecular flexibility index (Phi) is 6.12. The molecule has 1 fully saturated rings. The van der Waals surface area contributed by atoms with Gasteiger partial charge in [0.2, 0.25) is 5.82 Å². The average Bonchev–Trinajstić information content (AvgIpc) is 3.29. The van der Waals surface area contributed by atoms with Crippen LogP contribution in [0.3, 0.4) is 0 Å². The molecule has 1 aliphatic rings. The SMILES string of the molecule is C[C@@H](NC(=O)C1(O)CCS(=O)(=O)C1)c1ncc(-c2cc(Cl)cc(F)c2-c2nnn(C)n2)cc1F. The molecule has 0 saturated carbocycles. The summed E-state index contributed by atoms with van der Waals surface area (Å²) in [5, 5.41) is 24.3. The highest BCUT2D eigenvalue weighted by Gasteiger charge is 2.47. The minimum atomic E-state index is -3.53. The minimum Gasteiger partial charge on any atom is -0.379 e. The maximum atomic E-state index is 15.0. The number of carbonyl (C=O) groups excluding carboxylic acids is 1. The van der Waals surface area contributed by atoms with Crippen LogP contribution in [0, 0.1) is 11.6 Å². The molecule has 1 unspecified atom stereocenters. The van der Waals surface area contributed by atoms with E-state index in [4.69, 9.17) is 11.6 Å². The first-order valence-electron chi connectivity index (χ1n) is 10.0. The van der Waals surface area contributed by atoms with Gasteiger partial charge in [-0.15, -0.1) is 10.2 Å². The standard InChI is InChI=1S/C20H19ClF2N6O4S/c1-10(25-19(30)20(31)3-4-34(32,33)9-20)17-15(23)5-11(8-24-17)13-6-12(21)7-14(22)16(13)18-26-28-29(2)27-18/h5-8,10,31H,3-4,9H2,1-2H3,(H,25,30)/t10-,20?/m1/s1. The summed E-state index contributed by atoms with van der Waals surface area (Å²) < 4.78 is 53.1. The van der Waals surface area contributed by atoms with Gasteiger partial charge in [0.1, 0.15) is 11.6 Å². The van der Waals surface area contributed by atoms with Crippen LogP contribution in [0.4, 0.5) is 8.78 Å². The summed E-state index contributed by atoms with van der Waals surface area (Å²) in [6.07, 6.45) is 1.02. The number of benzene rings is 1. The monoisotopic (exact) mass is 512 g/mol. The zero-order valence-corrected chi connectivity index (χ0v) is 19.5. The van der Waals surface area contributed by atoms with Gasteiger partial charge in [0.05, 0.1) is 35.9 Å². The van der Waals surface area contributed by atoms with E-state index in [2.05, 4.69) is 25.7 Å². The van der Waals surface area contributed by atoms with Gasteiger partial charge in [-0.1, -0.05) is 11.6 Å². The van der Waals surface area contributed by atoms with Gasteiger partial charge >= 0.3 is 0 Å². The van der Waals surface area contributed by atoms with Crippen molar-refractivity contribution in [3.05, 3.63) is 46.7 Å². The normalized spacial score (nSPS) is 20.3. The number of hydrogen-bond acceptors (Lipinski definition) is 8. The van der Waals surface area contributed by atoms with Gasteiger partial charge in [-0.2, -0.15) is 4.80 Å². The molecule has 2 atom stereocenters. The molecule has 1 aliphatic heterocycles. The Balaban J connectivity index is 1.64. The van der Waals surface area contributed by atoms with Crippen LogP contribution < -0.4 is 5.32 Å². The lowest BCUT2D eigenvalue weighted by Crippen LogP contribution is -2.48. The van der Waals surface area contributed by atoms with E-state index < -0.39 is 44.8 Å². The van der Waals surface area contributed by atoms with Gasteiger partial charge in [0.25, 0.3) is 5.91 Å². The van der Waals surface area contributed by atoms with Crippen molar-refractivity contribution in [2.75, 3.05) is 11.5 Å². The number of nitrogens with one attached hydrogen (secondary N) is 1. The van der Waals surface area contributed by atoms with Crippen molar-refractivity contribution < 1.29 is 27.1 Å². The number of halogens is 3. The number of pyridine rings is 1. The molecule has 14 heteroatoms. The lowest BCUT2D eigenvalue weighted by atomic mass is 9.98. The predicted molar refractivity (Wildman–Crippen MR) is 117 cm³/mol. The van der Waals surface area contributed by atoms with Crippen LogP contribution in [-0.4, -0.2) is 61.7 Å². The number of amides is 1. The Morgan fingerprint density at radius 3 is 2.62 bits per heavy atom. The van der Waals surface area contributed by atoms with Gasteiger partial charge in [0.15, 0.2) is 15.4 Å². The quantitative estimate of drug-likeness (QED) is 0.525. The van der Waals surface area contributed by atoms with Gasteiger partial charge in [0, 0.05) is 23.2 Å². The van der Waals surface area contributed by atoms with Crippen LogP contribution >= 0.6 is 11.6 Å². The zero-order valence-electron chi connectivity index (χ0n) is 18.0. The second-order valence-electron chi connectivity index (χ2n) is 8.07. The van der Waals surface area contributed by atoms with Crippen LogP contribution in [0.1, 0.15) is 25.1 Å². The molecule has 1 aromatic carbocycles. The van der Waals surface area contributed by atoms with Gasteiger partial charge in [-0.3, -0.25) is 9.78 Å². The molecule has 2 aromatic heterocycles. The maximum absolute atomic E-state index is 15.0. The van der Waals surface area contributed by atoms with Crippen molar-refractivity contribution in [2.24, 2.45) is 7.05 Å². The zero-order chi connectivity index (χ0) is 24.8. The number of nitrogens with zero attached hydrogens (tertiary/aromatic N) is 5. The molecule has 0 bridgehead atoms. The lowest BCUT2D eigenvalue weighted by molar-refractivity contribution is -0.138. The number of hydrogen-bond donors (Lipinski definition) is 2. The van der Waals surface area contributed by atoms with Crippen molar-refractivity contribution in [2.45, 2.75) is 25.0 Å². The number of carbonyl (C=O) groups is 1. The van der Waals surface area contributed by atoms with E-state index in [1.165, 1.54) is 26.2 Å². The summed E-state index contributed by atoms with van der Waals surface area (Å²) in [5.41, 5.74) is -1.94. The third-order valence-electron chi connectivity index (χ3n) is 5.43. The van der Waals surface area contributed by atoms with Crippen LogP contribution in [0.15, 0.2) is 24.4 Å². The molecule has 34 heavy (non-hydrogen) atoms. The molecule has 1 amide bonds. The van der Waals surface area contributed by atoms with E-state index in [1.807, 2.05) is 0 Å². The molecule has 0 radical (unpaired) electrons. The largest absolute Gasteiger partial charge is 0.379 e. The van der Waals surface area contributed by atoms with E-state index in [0.29, 0.717) is 0 Å². The second-order valence-corrected chi connectivity index (χ2v) is 10.7. The van der Waals surface area contributed by atoms with Crippen molar-refractivity contribution in [1.82, 2.24) is 30.5 Å². The molecule has 2 N–H and O–H groups in total. The summed E-state index contributed by atoms with van der Waals surface area (Å²) >= 11 is 6.01. The maximum Gasteiger partial charge on any atom is 0.253 e. The summed E-state index contributed by atoms with van der Waals surface area (Å²) in [4.78, 5) is 17.7. The molecule has 0 aliphatic carbocycles. The van der Waals surface area contributed by atoms with Crippen molar-refractivity contribution in [3.63, 3.8) is 0 Å². The molecule has 3 aromatic rings. The highest BCUT2D eigenvalue weighted by Crippen LogP contribution is 2.35. The average molecular weight is 513 g/mol. The highest BCUT2D eigenvalue weighted by molar-refractivity contribution is 7.91.